The lowest BCUT2D eigenvalue weighted by atomic mass is 9.92. The van der Waals surface area contributed by atoms with Crippen LogP contribution < -0.4 is 4.90 Å². The van der Waals surface area contributed by atoms with E-state index in [0.29, 0.717) is 12.4 Å². The van der Waals surface area contributed by atoms with Crippen LogP contribution in [0.1, 0.15) is 27.0 Å². The van der Waals surface area contributed by atoms with Crippen LogP contribution in [-0.4, -0.2) is 16.9 Å². The molecule has 0 spiro atoms. The first kappa shape index (κ1) is 18.2. The van der Waals surface area contributed by atoms with Crippen LogP contribution in [0.15, 0.2) is 77.3 Å². The van der Waals surface area contributed by atoms with Crippen molar-refractivity contribution < 1.29 is 9.90 Å². The van der Waals surface area contributed by atoms with Crippen molar-refractivity contribution in [2.45, 2.75) is 6.54 Å². The number of carboxylic acid groups (broad SMARTS) is 1. The lowest BCUT2D eigenvalue weighted by Crippen LogP contribution is -2.34. The maximum absolute atomic E-state index is 11.1. The normalized spacial score (nSPS) is 14.8. The van der Waals surface area contributed by atoms with Gasteiger partial charge < -0.3 is 10.0 Å². The molecular weight excluding hydrogens is 416 g/mol. The number of carbonyl (C=O) groups is 1. The second kappa shape index (κ2) is 7.44. The van der Waals surface area contributed by atoms with E-state index in [0.717, 1.165) is 32.4 Å². The second-order valence-corrected chi connectivity index (χ2v) is 7.47. The average Bonchev–Trinajstić information content (AvgIpc) is 2.71. The molecule has 0 fully saturated rings. The summed E-state index contributed by atoms with van der Waals surface area (Å²) < 4.78 is 1.01. The number of carboxylic acids is 1. The fourth-order valence-electron chi connectivity index (χ4n) is 3.32. The van der Waals surface area contributed by atoms with Crippen molar-refractivity contribution in [3.05, 3.63) is 99.5 Å². The summed E-state index contributed by atoms with van der Waals surface area (Å²) in [6.45, 7) is 0.569. The Balaban J connectivity index is 1.78. The predicted octanol–water partition coefficient (Wildman–Crippen LogP) is 5.69. The van der Waals surface area contributed by atoms with E-state index >= 15 is 0 Å². The zero-order valence-corrected chi connectivity index (χ0v) is 16.5. The van der Waals surface area contributed by atoms with Gasteiger partial charge in [-0.25, -0.2) is 4.79 Å². The van der Waals surface area contributed by atoms with E-state index < -0.39 is 5.97 Å². The Morgan fingerprint density at radius 3 is 2.36 bits per heavy atom. The molecule has 0 bridgehead atoms. The number of benzene rings is 3. The molecule has 4 rings (SSSR count). The van der Waals surface area contributed by atoms with Gasteiger partial charge in [-0.15, -0.1) is 0 Å². The van der Waals surface area contributed by atoms with Gasteiger partial charge in [0.15, 0.2) is 0 Å². The van der Waals surface area contributed by atoms with E-state index in [1.807, 2.05) is 53.4 Å². The number of rotatable bonds is 3. The van der Waals surface area contributed by atoms with Gasteiger partial charge in [-0.3, -0.25) is 5.41 Å². The van der Waals surface area contributed by atoms with E-state index in [4.69, 9.17) is 10.5 Å². The molecule has 3 aromatic carbocycles. The molecule has 3 aromatic rings. The number of anilines is 1. The van der Waals surface area contributed by atoms with Gasteiger partial charge in [0.05, 0.1) is 12.1 Å². The quantitative estimate of drug-likeness (QED) is 0.558. The number of fused-ring (bicyclic) bond motifs is 1. The molecule has 5 heteroatoms. The lowest BCUT2D eigenvalue weighted by molar-refractivity contribution is 0.0697. The number of hydrogen-bond donors (Lipinski definition) is 2. The SMILES string of the molecule is N=C1/C(=C/c2ccc(Br)cc2)c2ccccc2CN1c1ccc(C(=O)O)cc1. The highest BCUT2D eigenvalue weighted by molar-refractivity contribution is 9.10. The highest BCUT2D eigenvalue weighted by Crippen LogP contribution is 2.33. The molecule has 1 heterocycles. The summed E-state index contributed by atoms with van der Waals surface area (Å²) in [7, 11) is 0. The van der Waals surface area contributed by atoms with Crippen molar-refractivity contribution in [1.82, 2.24) is 0 Å². The van der Waals surface area contributed by atoms with Gasteiger partial charge >= 0.3 is 5.97 Å². The van der Waals surface area contributed by atoms with Crippen LogP contribution in [-0.2, 0) is 6.54 Å². The highest BCUT2D eigenvalue weighted by Gasteiger charge is 2.26. The van der Waals surface area contributed by atoms with E-state index in [9.17, 15) is 4.79 Å². The zero-order chi connectivity index (χ0) is 19.7. The molecular formula is C23H17BrN2O2. The molecule has 4 nitrogen and oxygen atoms in total. The van der Waals surface area contributed by atoms with Crippen LogP contribution >= 0.6 is 15.9 Å². The van der Waals surface area contributed by atoms with Crippen LogP contribution in [0.5, 0.6) is 0 Å². The van der Waals surface area contributed by atoms with Crippen molar-refractivity contribution in [2.75, 3.05) is 4.90 Å². The number of hydrogen-bond acceptors (Lipinski definition) is 2. The largest absolute Gasteiger partial charge is 0.478 e. The van der Waals surface area contributed by atoms with Crippen LogP contribution in [0, 0.1) is 5.41 Å². The fourth-order valence-corrected chi connectivity index (χ4v) is 3.58. The van der Waals surface area contributed by atoms with Crippen molar-refractivity contribution in [3.63, 3.8) is 0 Å². The molecule has 0 radical (unpaired) electrons. The summed E-state index contributed by atoms with van der Waals surface area (Å²) in [6.07, 6.45) is 2.02. The molecule has 0 saturated heterocycles. The van der Waals surface area contributed by atoms with Gasteiger partial charge in [0.2, 0.25) is 0 Å². The molecule has 0 unspecified atom stereocenters. The third-order valence-corrected chi connectivity index (χ3v) is 5.30. The predicted molar refractivity (Wildman–Crippen MR) is 116 cm³/mol. The maximum atomic E-state index is 11.1. The molecule has 2 N–H and O–H groups in total. The minimum absolute atomic E-state index is 0.235. The lowest BCUT2D eigenvalue weighted by Gasteiger charge is -2.33. The minimum atomic E-state index is -0.957. The Labute approximate surface area is 171 Å². The topological polar surface area (TPSA) is 64.4 Å². The summed E-state index contributed by atoms with van der Waals surface area (Å²) >= 11 is 3.45. The summed E-state index contributed by atoms with van der Waals surface area (Å²) in [5.41, 5.74) is 5.06. The van der Waals surface area contributed by atoms with Crippen LogP contribution in [0.25, 0.3) is 11.6 Å². The maximum Gasteiger partial charge on any atom is 0.335 e. The number of nitrogens with zero attached hydrogens (tertiary/aromatic N) is 1. The molecule has 0 saturated carbocycles. The van der Waals surface area contributed by atoms with Crippen molar-refractivity contribution in [3.8, 4) is 0 Å². The fraction of sp³-hybridized carbons (Fsp3) is 0.0435. The van der Waals surface area contributed by atoms with Crippen LogP contribution in [0.2, 0.25) is 0 Å². The number of halogens is 1. The first-order valence-corrected chi connectivity index (χ1v) is 9.57. The number of aromatic carboxylic acids is 1. The molecule has 0 aromatic heterocycles. The van der Waals surface area contributed by atoms with Gasteiger partial charge in [0.25, 0.3) is 0 Å². The first-order chi connectivity index (χ1) is 13.5. The molecule has 1 aliphatic rings. The Hall–Kier alpha value is -3.18. The van der Waals surface area contributed by atoms with Gasteiger partial charge in [-0.05, 0) is 59.2 Å². The second-order valence-electron chi connectivity index (χ2n) is 6.55. The van der Waals surface area contributed by atoms with Crippen LogP contribution in [0.4, 0.5) is 5.69 Å². The van der Waals surface area contributed by atoms with Gasteiger partial charge in [-0.1, -0.05) is 52.3 Å². The smallest absolute Gasteiger partial charge is 0.335 e. The third-order valence-electron chi connectivity index (χ3n) is 4.77. The molecule has 1 aliphatic heterocycles. The minimum Gasteiger partial charge on any atom is -0.478 e. The van der Waals surface area contributed by atoms with E-state index in [2.05, 4.69) is 22.0 Å². The van der Waals surface area contributed by atoms with E-state index in [-0.39, 0.29) is 5.56 Å². The Morgan fingerprint density at radius 2 is 1.68 bits per heavy atom. The van der Waals surface area contributed by atoms with Crippen molar-refractivity contribution in [1.29, 1.82) is 5.41 Å². The summed E-state index contributed by atoms with van der Waals surface area (Å²) in [5.74, 6) is -0.564. The third kappa shape index (κ3) is 3.49. The molecule has 0 amide bonds. The molecule has 28 heavy (non-hydrogen) atoms. The monoisotopic (exact) mass is 432 g/mol. The van der Waals surface area contributed by atoms with E-state index in [1.165, 1.54) is 0 Å². The average molecular weight is 433 g/mol. The standard InChI is InChI=1S/C23H17BrN2O2/c24-18-9-5-15(6-10-18)13-21-20-4-2-1-3-17(20)14-26(22(21)25)19-11-7-16(8-12-19)23(27)28/h1-13,25H,14H2,(H,27,28)/b21-13+,25-22?. The molecule has 138 valence electrons. The number of amidine groups is 1. The van der Waals surface area contributed by atoms with Crippen LogP contribution in [0.3, 0.4) is 0 Å². The summed E-state index contributed by atoms with van der Waals surface area (Å²) in [6, 6.07) is 22.7. The Morgan fingerprint density at radius 1 is 1.00 bits per heavy atom. The van der Waals surface area contributed by atoms with Gasteiger partial charge in [0.1, 0.15) is 5.84 Å². The molecule has 0 atom stereocenters. The van der Waals surface area contributed by atoms with Gasteiger partial charge in [-0.2, -0.15) is 0 Å². The van der Waals surface area contributed by atoms with Crippen molar-refractivity contribution in [2.24, 2.45) is 0 Å². The highest BCUT2D eigenvalue weighted by atomic mass is 79.9. The van der Waals surface area contributed by atoms with Crippen molar-refractivity contribution >= 4 is 45.1 Å². The van der Waals surface area contributed by atoms with Gasteiger partial charge in [0, 0.05) is 15.7 Å². The zero-order valence-electron chi connectivity index (χ0n) is 14.9. The summed E-state index contributed by atoms with van der Waals surface area (Å²) in [5, 5.41) is 18.0. The Kier molecular flexibility index (Phi) is 4.84. The van der Waals surface area contributed by atoms with E-state index in [1.54, 1.807) is 24.3 Å². The number of nitrogens with one attached hydrogen (secondary N) is 1. The Bertz CT molecular complexity index is 1090. The first-order valence-electron chi connectivity index (χ1n) is 8.78. The summed E-state index contributed by atoms with van der Waals surface area (Å²) in [4.78, 5) is 13.0. The molecule has 0 aliphatic carbocycles.